The first-order valence-electron chi connectivity index (χ1n) is 9.58. The zero-order valence-corrected chi connectivity index (χ0v) is 16.6. The minimum Gasteiger partial charge on any atom is -0.497 e. The maximum atomic E-state index is 6.45. The number of nitrogens with zero attached hydrogens (tertiary/aromatic N) is 2. The van der Waals surface area contributed by atoms with Gasteiger partial charge in [0.05, 0.1) is 20.3 Å². The van der Waals surface area contributed by atoms with Crippen LogP contribution < -0.4 is 14.2 Å². The minimum absolute atomic E-state index is 0.0328. The lowest BCUT2D eigenvalue weighted by Gasteiger charge is -2.38. The first-order valence-corrected chi connectivity index (χ1v) is 9.58. The zero-order valence-electron chi connectivity index (χ0n) is 16.6. The van der Waals surface area contributed by atoms with Crippen molar-refractivity contribution in [2.75, 3.05) is 14.2 Å². The lowest BCUT2D eigenvalue weighted by molar-refractivity contribution is -0.0210. The highest BCUT2D eigenvalue weighted by Crippen LogP contribution is 2.50. The lowest BCUT2D eigenvalue weighted by Crippen LogP contribution is -2.33. The monoisotopic (exact) mass is 390 g/mol. The predicted octanol–water partition coefficient (Wildman–Crippen LogP) is 4.85. The van der Waals surface area contributed by atoms with Crippen molar-refractivity contribution in [2.24, 2.45) is 5.10 Å². The Morgan fingerprint density at radius 3 is 2.66 bits per heavy atom. The van der Waals surface area contributed by atoms with Gasteiger partial charge < -0.3 is 18.6 Å². The van der Waals surface area contributed by atoms with E-state index in [0.29, 0.717) is 0 Å². The fourth-order valence-electron chi connectivity index (χ4n) is 4.00. The number of hydrogen-bond acceptors (Lipinski definition) is 6. The summed E-state index contributed by atoms with van der Waals surface area (Å²) in [6.07, 6.45) is 0.337. The third-order valence-electron chi connectivity index (χ3n) is 5.40. The molecule has 2 aromatic carbocycles. The van der Waals surface area contributed by atoms with Gasteiger partial charge in [0.25, 0.3) is 0 Å². The van der Waals surface area contributed by atoms with Crippen LogP contribution >= 0.6 is 0 Å². The smallest absolute Gasteiger partial charge is 0.214 e. The fourth-order valence-corrected chi connectivity index (χ4v) is 4.00. The molecule has 0 radical (unpaired) electrons. The molecule has 2 aliphatic heterocycles. The van der Waals surface area contributed by atoms with Gasteiger partial charge in [-0.15, -0.1) is 0 Å². The van der Waals surface area contributed by atoms with Crippen molar-refractivity contribution in [1.82, 2.24) is 5.01 Å². The number of methoxy groups -OCH3 is 2. The van der Waals surface area contributed by atoms with Gasteiger partial charge in [0.1, 0.15) is 23.0 Å². The highest BCUT2D eigenvalue weighted by atomic mass is 16.5. The van der Waals surface area contributed by atoms with Crippen LogP contribution in [0.3, 0.4) is 0 Å². The number of rotatable bonds is 4. The predicted molar refractivity (Wildman–Crippen MR) is 109 cm³/mol. The van der Waals surface area contributed by atoms with E-state index in [0.717, 1.165) is 52.0 Å². The Morgan fingerprint density at radius 2 is 1.90 bits per heavy atom. The van der Waals surface area contributed by atoms with Crippen molar-refractivity contribution in [1.29, 1.82) is 0 Å². The highest BCUT2D eigenvalue weighted by molar-refractivity contribution is 5.99. The molecule has 0 amide bonds. The third-order valence-corrected chi connectivity index (χ3v) is 5.40. The SMILES string of the molecule is COc1cccc(C2Oc3c(OC)cccc3C3CC(c4ccc(C)o4)=NN32)c1. The van der Waals surface area contributed by atoms with Gasteiger partial charge in [-0.3, -0.25) is 0 Å². The molecule has 3 aromatic rings. The van der Waals surface area contributed by atoms with Crippen molar-refractivity contribution in [3.8, 4) is 17.2 Å². The number of fused-ring (bicyclic) bond motifs is 3. The van der Waals surface area contributed by atoms with Crippen LogP contribution in [-0.4, -0.2) is 24.9 Å². The summed E-state index contributed by atoms with van der Waals surface area (Å²) >= 11 is 0. The molecule has 29 heavy (non-hydrogen) atoms. The number of ether oxygens (including phenoxy) is 3. The van der Waals surface area contributed by atoms with Gasteiger partial charge in [0.15, 0.2) is 11.5 Å². The van der Waals surface area contributed by atoms with Crippen LogP contribution in [0.1, 0.15) is 41.3 Å². The van der Waals surface area contributed by atoms with Crippen molar-refractivity contribution >= 4 is 5.71 Å². The molecule has 0 spiro atoms. The first-order chi connectivity index (χ1) is 14.2. The Bertz CT molecular complexity index is 1090. The molecular weight excluding hydrogens is 368 g/mol. The van der Waals surface area contributed by atoms with E-state index in [-0.39, 0.29) is 6.04 Å². The van der Waals surface area contributed by atoms with Gasteiger partial charge >= 0.3 is 0 Å². The van der Waals surface area contributed by atoms with Crippen molar-refractivity contribution in [3.05, 3.63) is 77.2 Å². The molecule has 3 heterocycles. The Hall–Kier alpha value is -3.41. The van der Waals surface area contributed by atoms with Gasteiger partial charge in [-0.05, 0) is 37.3 Å². The summed E-state index contributed by atoms with van der Waals surface area (Å²) in [5.74, 6) is 3.92. The van der Waals surface area contributed by atoms with E-state index in [1.54, 1.807) is 14.2 Å². The van der Waals surface area contributed by atoms with Crippen LogP contribution in [0, 0.1) is 6.92 Å². The molecule has 5 rings (SSSR count). The van der Waals surface area contributed by atoms with Gasteiger partial charge in [0, 0.05) is 17.5 Å². The van der Waals surface area contributed by atoms with E-state index in [1.165, 1.54) is 0 Å². The molecule has 2 unspecified atom stereocenters. The van der Waals surface area contributed by atoms with Gasteiger partial charge in [-0.25, -0.2) is 5.01 Å². The first kappa shape index (κ1) is 17.7. The quantitative estimate of drug-likeness (QED) is 0.638. The molecule has 0 bridgehead atoms. The van der Waals surface area contributed by atoms with Crippen LogP contribution in [0.15, 0.2) is 64.1 Å². The maximum Gasteiger partial charge on any atom is 0.214 e. The van der Waals surface area contributed by atoms with E-state index < -0.39 is 6.23 Å². The van der Waals surface area contributed by atoms with Crippen molar-refractivity contribution < 1.29 is 18.6 Å². The largest absolute Gasteiger partial charge is 0.497 e. The second-order valence-corrected chi connectivity index (χ2v) is 7.18. The number of hydrazone groups is 1. The average molecular weight is 390 g/mol. The number of para-hydroxylation sites is 1. The van der Waals surface area contributed by atoms with Crippen molar-refractivity contribution in [3.63, 3.8) is 0 Å². The Labute approximate surface area is 169 Å². The van der Waals surface area contributed by atoms with Crippen LogP contribution in [0.4, 0.5) is 0 Å². The molecule has 0 aliphatic carbocycles. The lowest BCUT2D eigenvalue weighted by atomic mass is 9.97. The molecule has 0 fully saturated rings. The minimum atomic E-state index is -0.396. The Morgan fingerprint density at radius 1 is 1.03 bits per heavy atom. The number of aryl methyl sites for hydroxylation is 1. The topological polar surface area (TPSA) is 56.4 Å². The van der Waals surface area contributed by atoms with Crippen LogP contribution in [0.5, 0.6) is 17.2 Å². The van der Waals surface area contributed by atoms with Crippen molar-refractivity contribution in [2.45, 2.75) is 25.6 Å². The normalized spacial score (nSPS) is 19.8. The molecule has 2 aliphatic rings. The summed E-state index contributed by atoms with van der Waals surface area (Å²) < 4.78 is 23.3. The molecular formula is C23H22N2O4. The molecule has 0 saturated heterocycles. The summed E-state index contributed by atoms with van der Waals surface area (Å²) in [5.41, 5.74) is 2.94. The zero-order chi connectivity index (χ0) is 20.0. The molecule has 0 saturated carbocycles. The Balaban J connectivity index is 1.62. The van der Waals surface area contributed by atoms with Crippen LogP contribution in [0.25, 0.3) is 0 Å². The fraction of sp³-hybridized carbons (Fsp3) is 0.261. The summed E-state index contributed by atoms with van der Waals surface area (Å²) in [6, 6.07) is 17.8. The summed E-state index contributed by atoms with van der Waals surface area (Å²) in [6.45, 7) is 1.94. The van der Waals surface area contributed by atoms with E-state index in [4.69, 9.17) is 23.7 Å². The standard InChI is InChI=1S/C23H22N2O4/c1-14-10-11-20(28-14)18-13-19-17-8-5-9-21(27-3)22(17)29-23(25(19)24-18)15-6-4-7-16(12-15)26-2/h4-12,19,23H,13H2,1-3H3. The van der Waals surface area contributed by atoms with E-state index in [9.17, 15) is 0 Å². The molecule has 6 heteroatoms. The van der Waals surface area contributed by atoms with Gasteiger partial charge in [0.2, 0.25) is 6.23 Å². The van der Waals surface area contributed by atoms with E-state index in [2.05, 4.69) is 6.07 Å². The number of hydrogen-bond donors (Lipinski definition) is 0. The molecule has 0 N–H and O–H groups in total. The van der Waals surface area contributed by atoms with Crippen LogP contribution in [0.2, 0.25) is 0 Å². The average Bonchev–Trinajstić information content (AvgIpc) is 3.39. The number of benzene rings is 2. The molecule has 1 aromatic heterocycles. The summed E-state index contributed by atoms with van der Waals surface area (Å²) in [7, 11) is 3.32. The maximum absolute atomic E-state index is 6.45. The van der Waals surface area contributed by atoms with Gasteiger partial charge in [-0.1, -0.05) is 24.3 Å². The van der Waals surface area contributed by atoms with E-state index >= 15 is 0 Å². The van der Waals surface area contributed by atoms with Crippen LogP contribution in [-0.2, 0) is 0 Å². The number of furan rings is 1. The molecule has 6 nitrogen and oxygen atoms in total. The molecule has 2 atom stereocenters. The third kappa shape index (κ3) is 2.92. The van der Waals surface area contributed by atoms with E-state index in [1.807, 2.05) is 60.5 Å². The summed E-state index contributed by atoms with van der Waals surface area (Å²) in [4.78, 5) is 0. The second-order valence-electron chi connectivity index (χ2n) is 7.18. The molecule has 148 valence electrons. The van der Waals surface area contributed by atoms with Gasteiger partial charge in [-0.2, -0.15) is 5.10 Å². The Kier molecular flexibility index (Phi) is 4.19. The summed E-state index contributed by atoms with van der Waals surface area (Å²) in [5, 5.41) is 6.93. The second kappa shape index (κ2) is 6.88. The highest BCUT2D eigenvalue weighted by Gasteiger charge is 2.42.